The highest BCUT2D eigenvalue weighted by Gasteiger charge is 2.22. The van der Waals surface area contributed by atoms with E-state index in [1.807, 2.05) is 13.8 Å². The van der Waals surface area contributed by atoms with Crippen LogP contribution in [0.2, 0.25) is 0 Å². The molecule has 1 aromatic heterocycles. The van der Waals surface area contributed by atoms with Crippen molar-refractivity contribution >= 4 is 17.2 Å². The Bertz CT molecular complexity index is 653. The standard InChI is InChI=1S/C17H21FN2O2S/c1-11(2)20(9-12(3)21)17(22)15-10-23-16(19-15)8-13-4-6-14(18)7-5-13/h4-7,10-12,21H,8-9H2,1-3H3. The largest absolute Gasteiger partial charge is 0.392 e. The molecule has 0 radical (unpaired) electrons. The number of carbonyl (C=O) groups is 1. The summed E-state index contributed by atoms with van der Waals surface area (Å²) in [6.45, 7) is 5.75. The number of benzene rings is 1. The fraction of sp³-hybridized carbons (Fsp3) is 0.412. The van der Waals surface area contributed by atoms with Crippen LogP contribution >= 0.6 is 11.3 Å². The van der Waals surface area contributed by atoms with Crippen molar-refractivity contribution in [1.29, 1.82) is 0 Å². The zero-order valence-electron chi connectivity index (χ0n) is 13.5. The second kappa shape index (κ2) is 7.66. The number of hydrogen-bond acceptors (Lipinski definition) is 4. The van der Waals surface area contributed by atoms with E-state index in [1.165, 1.54) is 23.5 Å². The van der Waals surface area contributed by atoms with Crippen LogP contribution in [0.15, 0.2) is 29.6 Å². The maximum absolute atomic E-state index is 12.9. The minimum absolute atomic E-state index is 0.0145. The summed E-state index contributed by atoms with van der Waals surface area (Å²) in [4.78, 5) is 18.5. The van der Waals surface area contributed by atoms with Crippen LogP contribution in [0.3, 0.4) is 0 Å². The average molecular weight is 336 g/mol. The lowest BCUT2D eigenvalue weighted by Crippen LogP contribution is -2.41. The van der Waals surface area contributed by atoms with E-state index in [2.05, 4.69) is 4.98 Å². The number of rotatable bonds is 6. The van der Waals surface area contributed by atoms with Gasteiger partial charge in [0.2, 0.25) is 0 Å². The molecule has 0 spiro atoms. The van der Waals surface area contributed by atoms with Gasteiger partial charge in [-0.2, -0.15) is 0 Å². The van der Waals surface area contributed by atoms with Crippen molar-refractivity contribution in [2.75, 3.05) is 6.54 Å². The van der Waals surface area contributed by atoms with E-state index in [0.29, 0.717) is 12.1 Å². The average Bonchev–Trinajstić information content (AvgIpc) is 2.94. The third-order valence-electron chi connectivity index (χ3n) is 3.38. The molecule has 0 saturated heterocycles. The van der Waals surface area contributed by atoms with Crippen molar-refractivity contribution in [2.24, 2.45) is 0 Å². The second-order valence-corrected chi connectivity index (χ2v) is 6.77. The lowest BCUT2D eigenvalue weighted by Gasteiger charge is -2.27. The number of nitrogens with zero attached hydrogens (tertiary/aromatic N) is 2. The van der Waals surface area contributed by atoms with E-state index < -0.39 is 6.10 Å². The highest BCUT2D eigenvalue weighted by atomic mass is 32.1. The van der Waals surface area contributed by atoms with Crippen LogP contribution in [-0.2, 0) is 6.42 Å². The van der Waals surface area contributed by atoms with Gasteiger partial charge >= 0.3 is 0 Å². The molecule has 1 N–H and O–H groups in total. The summed E-state index contributed by atoms with van der Waals surface area (Å²) in [6.07, 6.45) is -0.0188. The molecule has 0 bridgehead atoms. The highest BCUT2D eigenvalue weighted by molar-refractivity contribution is 7.09. The van der Waals surface area contributed by atoms with Crippen LogP contribution < -0.4 is 0 Å². The number of aliphatic hydroxyl groups excluding tert-OH is 1. The monoisotopic (exact) mass is 336 g/mol. The van der Waals surface area contributed by atoms with Crippen molar-refractivity contribution in [2.45, 2.75) is 39.3 Å². The summed E-state index contributed by atoms with van der Waals surface area (Å²) in [5.41, 5.74) is 1.34. The van der Waals surface area contributed by atoms with Gasteiger partial charge in [0.15, 0.2) is 0 Å². The van der Waals surface area contributed by atoms with Crippen LogP contribution in [0.5, 0.6) is 0 Å². The summed E-state index contributed by atoms with van der Waals surface area (Å²) in [7, 11) is 0. The van der Waals surface area contributed by atoms with Gasteiger partial charge in [0, 0.05) is 24.4 Å². The summed E-state index contributed by atoms with van der Waals surface area (Å²) in [6, 6.07) is 6.24. The summed E-state index contributed by atoms with van der Waals surface area (Å²) >= 11 is 1.41. The third-order valence-corrected chi connectivity index (χ3v) is 4.23. The van der Waals surface area contributed by atoms with Crippen molar-refractivity contribution in [3.05, 3.63) is 51.7 Å². The van der Waals surface area contributed by atoms with E-state index in [9.17, 15) is 14.3 Å². The first-order valence-corrected chi connectivity index (χ1v) is 8.42. The van der Waals surface area contributed by atoms with E-state index in [0.717, 1.165) is 10.6 Å². The molecule has 1 aromatic carbocycles. The second-order valence-electron chi connectivity index (χ2n) is 5.83. The number of halogens is 1. The Morgan fingerprint density at radius 3 is 2.52 bits per heavy atom. The van der Waals surface area contributed by atoms with E-state index in [1.54, 1.807) is 29.3 Å². The lowest BCUT2D eigenvalue weighted by atomic mass is 10.1. The highest BCUT2D eigenvalue weighted by Crippen LogP contribution is 2.17. The molecule has 0 aliphatic rings. The van der Waals surface area contributed by atoms with Gasteiger partial charge < -0.3 is 10.0 Å². The number of carbonyl (C=O) groups excluding carboxylic acids is 1. The summed E-state index contributed by atoms with van der Waals surface area (Å²) in [5.74, 6) is -0.447. The van der Waals surface area contributed by atoms with Crippen molar-refractivity contribution < 1.29 is 14.3 Å². The van der Waals surface area contributed by atoms with Gasteiger partial charge in [0.25, 0.3) is 5.91 Å². The normalized spacial score (nSPS) is 12.4. The molecular weight excluding hydrogens is 315 g/mol. The topological polar surface area (TPSA) is 53.4 Å². The van der Waals surface area contributed by atoms with Gasteiger partial charge in [0.1, 0.15) is 11.5 Å². The Labute approximate surface area is 139 Å². The molecule has 1 unspecified atom stereocenters. The molecule has 23 heavy (non-hydrogen) atoms. The molecule has 4 nitrogen and oxygen atoms in total. The molecule has 1 atom stereocenters. The minimum atomic E-state index is -0.585. The van der Waals surface area contributed by atoms with Gasteiger partial charge in [-0.25, -0.2) is 9.37 Å². The van der Waals surface area contributed by atoms with Gasteiger partial charge in [-0.1, -0.05) is 12.1 Å². The molecule has 0 saturated carbocycles. The quantitative estimate of drug-likeness (QED) is 0.882. The molecule has 2 aromatic rings. The number of aliphatic hydroxyl groups is 1. The number of thiazole rings is 1. The fourth-order valence-corrected chi connectivity index (χ4v) is 3.03. The molecule has 1 amide bonds. The first kappa shape index (κ1) is 17.6. The van der Waals surface area contributed by atoms with Crippen LogP contribution in [0.4, 0.5) is 4.39 Å². The maximum atomic E-state index is 12.9. The van der Waals surface area contributed by atoms with Gasteiger partial charge in [-0.3, -0.25) is 4.79 Å². The summed E-state index contributed by atoms with van der Waals surface area (Å²) < 4.78 is 12.9. The van der Waals surface area contributed by atoms with E-state index in [-0.39, 0.29) is 24.3 Å². The molecule has 6 heteroatoms. The minimum Gasteiger partial charge on any atom is -0.392 e. The van der Waals surface area contributed by atoms with Crippen LogP contribution in [0.1, 0.15) is 41.8 Å². The van der Waals surface area contributed by atoms with Crippen molar-refractivity contribution in [1.82, 2.24) is 9.88 Å². The van der Waals surface area contributed by atoms with E-state index in [4.69, 9.17) is 0 Å². The molecule has 0 aliphatic carbocycles. The van der Waals surface area contributed by atoms with Gasteiger partial charge in [-0.05, 0) is 38.5 Å². The lowest BCUT2D eigenvalue weighted by molar-refractivity contribution is 0.0574. The molecule has 124 valence electrons. The van der Waals surface area contributed by atoms with Crippen LogP contribution in [0, 0.1) is 5.82 Å². The third kappa shape index (κ3) is 4.84. The molecule has 0 aliphatic heterocycles. The summed E-state index contributed by atoms with van der Waals surface area (Å²) in [5, 5.41) is 12.1. The Morgan fingerprint density at radius 1 is 1.30 bits per heavy atom. The maximum Gasteiger partial charge on any atom is 0.273 e. The Kier molecular flexibility index (Phi) is 5.85. The zero-order chi connectivity index (χ0) is 17.0. The van der Waals surface area contributed by atoms with Crippen molar-refractivity contribution in [3.8, 4) is 0 Å². The molecule has 1 heterocycles. The number of amides is 1. The smallest absolute Gasteiger partial charge is 0.273 e. The predicted molar refractivity (Wildman–Crippen MR) is 89.2 cm³/mol. The molecule has 0 fully saturated rings. The number of aromatic nitrogens is 1. The SMILES string of the molecule is CC(O)CN(C(=O)c1csc(Cc2ccc(F)cc2)n1)C(C)C. The number of hydrogen-bond donors (Lipinski definition) is 1. The Hall–Kier alpha value is -1.79. The van der Waals surface area contributed by atoms with Gasteiger partial charge in [0.05, 0.1) is 11.1 Å². The molecule has 2 rings (SSSR count). The predicted octanol–water partition coefficient (Wildman–Crippen LogP) is 3.10. The zero-order valence-corrected chi connectivity index (χ0v) is 14.3. The van der Waals surface area contributed by atoms with Gasteiger partial charge in [-0.15, -0.1) is 11.3 Å². The van der Waals surface area contributed by atoms with Crippen LogP contribution in [0.25, 0.3) is 0 Å². The molecular formula is C17H21FN2O2S. The first-order valence-electron chi connectivity index (χ1n) is 7.54. The van der Waals surface area contributed by atoms with Crippen molar-refractivity contribution in [3.63, 3.8) is 0 Å². The fourth-order valence-electron chi connectivity index (χ4n) is 2.23. The Balaban J connectivity index is 2.10. The van der Waals surface area contributed by atoms with E-state index >= 15 is 0 Å². The Morgan fingerprint density at radius 2 is 1.96 bits per heavy atom. The first-order chi connectivity index (χ1) is 10.9. The van der Waals surface area contributed by atoms with Crippen LogP contribution in [-0.4, -0.2) is 39.6 Å².